The zero-order valence-electron chi connectivity index (χ0n) is 14.8. The number of ether oxygens (including phenoxy) is 1. The highest BCUT2D eigenvalue weighted by Gasteiger charge is 2.26. The summed E-state index contributed by atoms with van der Waals surface area (Å²) in [6.45, 7) is 2.20. The van der Waals surface area contributed by atoms with Crippen molar-refractivity contribution in [3.05, 3.63) is 0 Å². The molecule has 1 atom stereocenters. The van der Waals surface area contributed by atoms with Crippen LogP contribution in [-0.2, 0) is 14.6 Å². The SMILES string of the molecule is CS(=O)(=O)C1CCCN(C(=O)NCCOC2CCCCCC2)CC1. The molecule has 1 aliphatic carbocycles. The largest absolute Gasteiger partial charge is 0.376 e. The van der Waals surface area contributed by atoms with Crippen LogP contribution in [-0.4, -0.2) is 63.2 Å². The molecule has 1 N–H and O–H groups in total. The molecule has 1 aliphatic heterocycles. The maximum Gasteiger partial charge on any atom is 0.317 e. The van der Waals surface area contributed by atoms with Crippen LogP contribution >= 0.6 is 0 Å². The summed E-state index contributed by atoms with van der Waals surface area (Å²) in [5.41, 5.74) is 0. The van der Waals surface area contributed by atoms with E-state index in [1.54, 1.807) is 4.90 Å². The molecule has 1 unspecified atom stereocenters. The topological polar surface area (TPSA) is 75.7 Å². The molecule has 0 aromatic carbocycles. The van der Waals surface area contributed by atoms with Crippen molar-refractivity contribution in [3.63, 3.8) is 0 Å². The third kappa shape index (κ3) is 6.59. The molecule has 2 fully saturated rings. The molecule has 1 saturated carbocycles. The fraction of sp³-hybridized carbons (Fsp3) is 0.941. The van der Waals surface area contributed by atoms with Gasteiger partial charge in [-0.2, -0.15) is 0 Å². The lowest BCUT2D eigenvalue weighted by molar-refractivity contribution is 0.0455. The van der Waals surface area contributed by atoms with Gasteiger partial charge >= 0.3 is 6.03 Å². The first-order valence-electron chi connectivity index (χ1n) is 9.30. The minimum Gasteiger partial charge on any atom is -0.376 e. The minimum absolute atomic E-state index is 0.103. The van der Waals surface area contributed by atoms with Crippen LogP contribution in [0, 0.1) is 0 Å². The number of rotatable bonds is 5. The Morgan fingerprint density at radius 3 is 2.42 bits per heavy atom. The van der Waals surface area contributed by atoms with E-state index in [0.29, 0.717) is 45.2 Å². The molecule has 0 aromatic rings. The first kappa shape index (κ1) is 19.5. The zero-order valence-corrected chi connectivity index (χ0v) is 15.7. The number of nitrogens with zero attached hydrogens (tertiary/aromatic N) is 1. The van der Waals surface area contributed by atoms with Crippen LogP contribution in [0.5, 0.6) is 0 Å². The van der Waals surface area contributed by atoms with E-state index in [0.717, 1.165) is 19.3 Å². The number of hydrogen-bond acceptors (Lipinski definition) is 4. The number of urea groups is 1. The molecule has 1 saturated heterocycles. The zero-order chi connectivity index (χ0) is 17.4. The molecule has 140 valence electrons. The minimum atomic E-state index is -3.01. The van der Waals surface area contributed by atoms with Crippen LogP contribution in [0.2, 0.25) is 0 Å². The Morgan fingerprint density at radius 1 is 1.04 bits per heavy atom. The van der Waals surface area contributed by atoms with Crippen LogP contribution < -0.4 is 5.32 Å². The molecule has 0 aromatic heterocycles. The van der Waals surface area contributed by atoms with Crippen LogP contribution in [0.3, 0.4) is 0 Å². The Kier molecular flexibility index (Phi) is 7.81. The molecule has 2 amide bonds. The second-order valence-electron chi connectivity index (χ2n) is 7.09. The van der Waals surface area contributed by atoms with E-state index in [1.807, 2.05) is 0 Å². The number of likely N-dealkylation sites (tertiary alicyclic amines) is 1. The number of amides is 2. The van der Waals surface area contributed by atoms with Gasteiger partial charge in [-0.1, -0.05) is 25.7 Å². The average molecular weight is 361 g/mol. The molecule has 6 nitrogen and oxygen atoms in total. The summed E-state index contributed by atoms with van der Waals surface area (Å²) in [4.78, 5) is 14.0. The summed E-state index contributed by atoms with van der Waals surface area (Å²) in [6.07, 6.45) is 10.9. The van der Waals surface area contributed by atoms with E-state index in [4.69, 9.17) is 4.74 Å². The van der Waals surface area contributed by atoms with Crippen molar-refractivity contribution in [3.8, 4) is 0 Å². The Labute approximate surface area is 146 Å². The van der Waals surface area contributed by atoms with E-state index in [2.05, 4.69) is 5.32 Å². The number of carbonyl (C=O) groups excluding carboxylic acids is 1. The molecule has 7 heteroatoms. The van der Waals surface area contributed by atoms with E-state index < -0.39 is 9.84 Å². The van der Waals surface area contributed by atoms with Gasteiger partial charge in [0.2, 0.25) is 0 Å². The Bertz CT molecular complexity index is 487. The molecule has 0 radical (unpaired) electrons. The number of nitrogens with one attached hydrogen (secondary N) is 1. The predicted molar refractivity (Wildman–Crippen MR) is 94.9 cm³/mol. The smallest absolute Gasteiger partial charge is 0.317 e. The summed E-state index contributed by atoms with van der Waals surface area (Å²) in [7, 11) is -3.01. The quantitative estimate of drug-likeness (QED) is 0.603. The predicted octanol–water partition coefficient (Wildman–Crippen LogP) is 2.33. The number of sulfone groups is 1. The maximum atomic E-state index is 12.2. The number of carbonyl (C=O) groups is 1. The third-order valence-electron chi connectivity index (χ3n) is 5.10. The Morgan fingerprint density at radius 2 is 1.75 bits per heavy atom. The second-order valence-corrected chi connectivity index (χ2v) is 9.41. The fourth-order valence-electron chi connectivity index (χ4n) is 3.60. The van der Waals surface area contributed by atoms with E-state index >= 15 is 0 Å². The monoisotopic (exact) mass is 360 g/mol. The van der Waals surface area contributed by atoms with Crippen molar-refractivity contribution in [2.75, 3.05) is 32.5 Å². The van der Waals surface area contributed by atoms with Gasteiger partial charge in [0.1, 0.15) is 9.84 Å². The van der Waals surface area contributed by atoms with E-state index in [-0.39, 0.29) is 11.3 Å². The molecule has 2 rings (SSSR count). The first-order valence-corrected chi connectivity index (χ1v) is 11.3. The summed E-state index contributed by atoms with van der Waals surface area (Å²) >= 11 is 0. The molecular formula is C17H32N2O4S. The highest BCUT2D eigenvalue weighted by molar-refractivity contribution is 7.91. The summed E-state index contributed by atoms with van der Waals surface area (Å²) in [6, 6.07) is -0.103. The molecule has 1 heterocycles. The van der Waals surface area contributed by atoms with Gasteiger partial charge in [0.15, 0.2) is 0 Å². The molecular weight excluding hydrogens is 328 g/mol. The van der Waals surface area contributed by atoms with Crippen LogP contribution in [0.1, 0.15) is 57.8 Å². The highest BCUT2D eigenvalue weighted by Crippen LogP contribution is 2.20. The lowest BCUT2D eigenvalue weighted by atomic mass is 10.1. The summed E-state index contributed by atoms with van der Waals surface area (Å²) < 4.78 is 29.2. The normalized spacial score (nSPS) is 24.2. The van der Waals surface area contributed by atoms with E-state index in [9.17, 15) is 13.2 Å². The van der Waals surface area contributed by atoms with Crippen LogP contribution in [0.25, 0.3) is 0 Å². The van der Waals surface area contributed by atoms with Gasteiger partial charge in [0.05, 0.1) is 18.0 Å². The highest BCUT2D eigenvalue weighted by atomic mass is 32.2. The van der Waals surface area contributed by atoms with Gasteiger partial charge in [-0.25, -0.2) is 13.2 Å². The van der Waals surface area contributed by atoms with Crippen molar-refractivity contribution in [2.45, 2.75) is 69.1 Å². The van der Waals surface area contributed by atoms with Crippen molar-refractivity contribution in [1.82, 2.24) is 10.2 Å². The second kappa shape index (κ2) is 9.61. The van der Waals surface area contributed by atoms with Crippen molar-refractivity contribution in [2.24, 2.45) is 0 Å². The van der Waals surface area contributed by atoms with E-state index in [1.165, 1.54) is 31.9 Å². The first-order chi connectivity index (χ1) is 11.5. The molecule has 24 heavy (non-hydrogen) atoms. The van der Waals surface area contributed by atoms with Gasteiger partial charge in [-0.15, -0.1) is 0 Å². The van der Waals surface area contributed by atoms with Gasteiger partial charge in [0, 0.05) is 25.9 Å². The van der Waals surface area contributed by atoms with Gasteiger partial charge in [-0.05, 0) is 32.1 Å². The third-order valence-corrected chi connectivity index (χ3v) is 6.78. The molecule has 2 aliphatic rings. The van der Waals surface area contributed by atoms with Crippen molar-refractivity contribution in [1.29, 1.82) is 0 Å². The van der Waals surface area contributed by atoms with Crippen molar-refractivity contribution < 1.29 is 17.9 Å². The summed E-state index contributed by atoms with van der Waals surface area (Å²) in [5.74, 6) is 0. The number of hydrogen-bond donors (Lipinski definition) is 1. The van der Waals surface area contributed by atoms with Crippen LogP contribution in [0.15, 0.2) is 0 Å². The Balaban J connectivity index is 1.65. The molecule has 0 spiro atoms. The average Bonchev–Trinajstić information content (AvgIpc) is 2.93. The van der Waals surface area contributed by atoms with Crippen molar-refractivity contribution >= 4 is 15.9 Å². The Hall–Kier alpha value is -0.820. The molecule has 0 bridgehead atoms. The lowest BCUT2D eigenvalue weighted by Gasteiger charge is -2.21. The lowest BCUT2D eigenvalue weighted by Crippen LogP contribution is -2.42. The standard InChI is InChI=1S/C17H32N2O4S/c1-24(21,22)16-9-6-12-19(13-10-16)17(20)18-11-14-23-15-7-4-2-3-5-8-15/h15-16H,2-14H2,1H3,(H,18,20). The summed E-state index contributed by atoms with van der Waals surface area (Å²) in [5, 5.41) is 2.59. The van der Waals surface area contributed by atoms with Gasteiger partial charge in [0.25, 0.3) is 0 Å². The maximum absolute atomic E-state index is 12.2. The van der Waals surface area contributed by atoms with Gasteiger partial charge < -0.3 is 15.0 Å². The fourth-order valence-corrected chi connectivity index (χ4v) is 4.73. The van der Waals surface area contributed by atoms with Crippen LogP contribution in [0.4, 0.5) is 4.79 Å². The van der Waals surface area contributed by atoms with Gasteiger partial charge in [-0.3, -0.25) is 0 Å².